The standard InChI is InChI=1S/C11H20N4O/c1-8(2)4-13-11(16)6-12-5-10-9(3)14-7-15-10/h7-8,12H,4-6H2,1-3H3,(H,13,16)(H,14,15). The minimum atomic E-state index is 0.0295. The highest BCUT2D eigenvalue weighted by atomic mass is 16.1. The minimum absolute atomic E-state index is 0.0295. The molecule has 16 heavy (non-hydrogen) atoms. The number of imidazole rings is 1. The lowest BCUT2D eigenvalue weighted by Crippen LogP contribution is -2.35. The molecule has 5 heteroatoms. The van der Waals surface area contributed by atoms with Crippen molar-refractivity contribution in [2.75, 3.05) is 13.1 Å². The first-order valence-corrected chi connectivity index (χ1v) is 5.56. The van der Waals surface area contributed by atoms with Crippen molar-refractivity contribution in [1.82, 2.24) is 20.6 Å². The van der Waals surface area contributed by atoms with E-state index in [9.17, 15) is 4.79 Å². The zero-order valence-electron chi connectivity index (χ0n) is 10.1. The molecule has 0 atom stereocenters. The lowest BCUT2D eigenvalue weighted by atomic mass is 10.2. The molecule has 90 valence electrons. The predicted molar refractivity (Wildman–Crippen MR) is 62.9 cm³/mol. The molecule has 0 aromatic carbocycles. The van der Waals surface area contributed by atoms with Crippen LogP contribution in [0.2, 0.25) is 0 Å². The number of hydrogen-bond acceptors (Lipinski definition) is 3. The summed E-state index contributed by atoms with van der Waals surface area (Å²) in [5, 5.41) is 5.90. The highest BCUT2D eigenvalue weighted by Gasteiger charge is 2.03. The quantitative estimate of drug-likeness (QED) is 0.662. The Kier molecular flexibility index (Phi) is 4.98. The third-order valence-electron chi connectivity index (χ3n) is 2.22. The van der Waals surface area contributed by atoms with E-state index < -0.39 is 0 Å². The van der Waals surface area contributed by atoms with Gasteiger partial charge in [-0.15, -0.1) is 0 Å². The van der Waals surface area contributed by atoms with Crippen LogP contribution in [0.15, 0.2) is 6.33 Å². The van der Waals surface area contributed by atoms with Gasteiger partial charge >= 0.3 is 0 Å². The van der Waals surface area contributed by atoms with E-state index >= 15 is 0 Å². The fraction of sp³-hybridized carbons (Fsp3) is 0.636. The van der Waals surface area contributed by atoms with Crippen LogP contribution in [-0.4, -0.2) is 29.0 Å². The fourth-order valence-electron chi connectivity index (χ4n) is 1.24. The maximum atomic E-state index is 11.4. The highest BCUT2D eigenvalue weighted by Crippen LogP contribution is 1.98. The lowest BCUT2D eigenvalue weighted by molar-refractivity contribution is -0.120. The summed E-state index contributed by atoms with van der Waals surface area (Å²) < 4.78 is 0. The lowest BCUT2D eigenvalue weighted by Gasteiger charge is -2.08. The first-order chi connectivity index (χ1) is 7.59. The van der Waals surface area contributed by atoms with E-state index in [4.69, 9.17) is 0 Å². The van der Waals surface area contributed by atoms with Crippen molar-refractivity contribution in [1.29, 1.82) is 0 Å². The summed E-state index contributed by atoms with van der Waals surface area (Å²) >= 11 is 0. The molecule has 0 saturated heterocycles. The molecule has 1 amide bonds. The Hall–Kier alpha value is -1.36. The van der Waals surface area contributed by atoms with Crippen LogP contribution in [0.5, 0.6) is 0 Å². The van der Waals surface area contributed by atoms with Gasteiger partial charge in [-0.3, -0.25) is 4.79 Å². The van der Waals surface area contributed by atoms with E-state index in [1.165, 1.54) is 0 Å². The van der Waals surface area contributed by atoms with Crippen LogP contribution in [0.4, 0.5) is 0 Å². The predicted octanol–water partition coefficient (Wildman–Crippen LogP) is 0.580. The second kappa shape index (κ2) is 6.27. The molecule has 1 rings (SSSR count). The molecule has 0 saturated carbocycles. The number of hydrogen-bond donors (Lipinski definition) is 3. The van der Waals surface area contributed by atoms with Gasteiger partial charge in [0, 0.05) is 18.8 Å². The van der Waals surface area contributed by atoms with E-state index in [2.05, 4.69) is 34.4 Å². The van der Waals surface area contributed by atoms with Crippen LogP contribution in [-0.2, 0) is 11.3 Å². The largest absolute Gasteiger partial charge is 0.355 e. The van der Waals surface area contributed by atoms with E-state index in [0.29, 0.717) is 19.0 Å². The van der Waals surface area contributed by atoms with Crippen molar-refractivity contribution in [2.24, 2.45) is 5.92 Å². The van der Waals surface area contributed by atoms with Gasteiger partial charge in [-0.2, -0.15) is 0 Å². The summed E-state index contributed by atoms with van der Waals surface area (Å²) in [5.41, 5.74) is 1.99. The molecule has 5 nitrogen and oxygen atoms in total. The summed E-state index contributed by atoms with van der Waals surface area (Å²) in [7, 11) is 0. The topological polar surface area (TPSA) is 69.8 Å². The van der Waals surface area contributed by atoms with Gasteiger partial charge in [0.15, 0.2) is 0 Å². The van der Waals surface area contributed by atoms with Crippen LogP contribution in [0.25, 0.3) is 0 Å². The molecule has 1 heterocycles. The van der Waals surface area contributed by atoms with Crippen molar-refractivity contribution in [3.63, 3.8) is 0 Å². The van der Waals surface area contributed by atoms with Gasteiger partial charge in [0.2, 0.25) is 5.91 Å². The van der Waals surface area contributed by atoms with Crippen molar-refractivity contribution in [3.8, 4) is 0 Å². The number of nitrogens with one attached hydrogen (secondary N) is 3. The molecule has 0 aliphatic heterocycles. The van der Waals surface area contributed by atoms with Crippen LogP contribution < -0.4 is 10.6 Å². The molecular formula is C11H20N4O. The third-order valence-corrected chi connectivity index (χ3v) is 2.22. The number of nitrogens with zero attached hydrogens (tertiary/aromatic N) is 1. The zero-order chi connectivity index (χ0) is 12.0. The van der Waals surface area contributed by atoms with Crippen molar-refractivity contribution >= 4 is 5.91 Å². The van der Waals surface area contributed by atoms with Crippen molar-refractivity contribution < 1.29 is 4.79 Å². The van der Waals surface area contributed by atoms with Crippen molar-refractivity contribution in [2.45, 2.75) is 27.3 Å². The second-order valence-corrected chi connectivity index (χ2v) is 4.28. The Bertz CT molecular complexity index is 332. The van der Waals surface area contributed by atoms with Crippen LogP contribution >= 0.6 is 0 Å². The second-order valence-electron chi connectivity index (χ2n) is 4.28. The molecule has 1 aromatic rings. The summed E-state index contributed by atoms with van der Waals surface area (Å²) in [6.45, 7) is 7.77. The zero-order valence-corrected chi connectivity index (χ0v) is 10.1. The number of carbonyl (C=O) groups excluding carboxylic acids is 1. The minimum Gasteiger partial charge on any atom is -0.355 e. The number of amides is 1. The normalized spacial score (nSPS) is 10.8. The third kappa shape index (κ3) is 4.44. The number of aryl methyl sites for hydroxylation is 1. The summed E-state index contributed by atoms with van der Waals surface area (Å²) in [4.78, 5) is 18.5. The Morgan fingerprint density at radius 2 is 2.31 bits per heavy atom. The molecule has 0 bridgehead atoms. The summed E-state index contributed by atoms with van der Waals surface area (Å²) in [6, 6.07) is 0. The molecule has 1 aromatic heterocycles. The Labute approximate surface area is 96.0 Å². The Balaban J connectivity index is 2.16. The van der Waals surface area contributed by atoms with E-state index in [1.807, 2.05) is 6.92 Å². The maximum Gasteiger partial charge on any atom is 0.233 e. The Morgan fingerprint density at radius 1 is 1.56 bits per heavy atom. The van der Waals surface area contributed by atoms with E-state index in [0.717, 1.165) is 17.9 Å². The highest BCUT2D eigenvalue weighted by molar-refractivity contribution is 5.77. The van der Waals surface area contributed by atoms with Crippen LogP contribution in [0, 0.1) is 12.8 Å². The Morgan fingerprint density at radius 3 is 2.88 bits per heavy atom. The van der Waals surface area contributed by atoms with Gasteiger partial charge in [-0.1, -0.05) is 13.8 Å². The summed E-state index contributed by atoms with van der Waals surface area (Å²) in [6.07, 6.45) is 1.66. The molecule has 3 N–H and O–H groups in total. The SMILES string of the molecule is Cc1[nH]cnc1CNCC(=O)NCC(C)C. The maximum absolute atomic E-state index is 11.4. The van der Waals surface area contributed by atoms with Gasteiger partial charge in [0.25, 0.3) is 0 Å². The molecule has 0 radical (unpaired) electrons. The molecule has 0 aliphatic carbocycles. The van der Waals surface area contributed by atoms with E-state index in [-0.39, 0.29) is 5.91 Å². The first-order valence-electron chi connectivity index (χ1n) is 5.56. The number of rotatable bonds is 6. The molecule has 0 unspecified atom stereocenters. The fourth-order valence-corrected chi connectivity index (χ4v) is 1.24. The smallest absolute Gasteiger partial charge is 0.233 e. The van der Waals surface area contributed by atoms with Crippen LogP contribution in [0.1, 0.15) is 25.2 Å². The number of carbonyl (C=O) groups is 1. The van der Waals surface area contributed by atoms with Gasteiger partial charge in [-0.05, 0) is 12.8 Å². The van der Waals surface area contributed by atoms with Gasteiger partial charge in [0.05, 0.1) is 18.6 Å². The monoisotopic (exact) mass is 224 g/mol. The number of aromatic amines is 1. The number of H-pyrrole nitrogens is 1. The van der Waals surface area contributed by atoms with Gasteiger partial charge in [0.1, 0.15) is 0 Å². The molecular weight excluding hydrogens is 204 g/mol. The van der Waals surface area contributed by atoms with Gasteiger partial charge < -0.3 is 15.6 Å². The van der Waals surface area contributed by atoms with Crippen molar-refractivity contribution in [3.05, 3.63) is 17.7 Å². The average Bonchev–Trinajstić information content (AvgIpc) is 2.61. The average molecular weight is 224 g/mol. The first kappa shape index (κ1) is 12.7. The molecule has 0 spiro atoms. The summed E-state index contributed by atoms with van der Waals surface area (Å²) in [5.74, 6) is 0.513. The van der Waals surface area contributed by atoms with E-state index in [1.54, 1.807) is 6.33 Å². The molecule has 0 fully saturated rings. The van der Waals surface area contributed by atoms with Crippen LogP contribution in [0.3, 0.4) is 0 Å². The molecule has 0 aliphatic rings. The number of aromatic nitrogens is 2. The van der Waals surface area contributed by atoms with Gasteiger partial charge in [-0.25, -0.2) is 4.98 Å².